The van der Waals surface area contributed by atoms with Gasteiger partial charge in [-0.15, -0.1) is 0 Å². The highest BCUT2D eigenvalue weighted by atomic mass is 19.1. The Morgan fingerprint density at radius 3 is 2.23 bits per heavy atom. The van der Waals surface area contributed by atoms with Gasteiger partial charge in [0.1, 0.15) is 11.9 Å². The molecule has 1 heterocycles. The Morgan fingerprint density at radius 2 is 1.71 bits per heavy atom. The van der Waals surface area contributed by atoms with Crippen LogP contribution in [0.3, 0.4) is 0 Å². The minimum absolute atomic E-state index is 0.0300. The third-order valence-electron chi connectivity index (χ3n) is 5.25. The van der Waals surface area contributed by atoms with Crippen LogP contribution < -0.4 is 16.4 Å². The van der Waals surface area contributed by atoms with Crippen molar-refractivity contribution in [1.29, 1.82) is 0 Å². The zero-order chi connectivity index (χ0) is 23.6. The molecule has 0 saturated heterocycles. The first-order valence-electron chi connectivity index (χ1n) is 9.74. The van der Waals surface area contributed by atoms with Crippen LogP contribution in [0.1, 0.15) is 51.5 Å². The number of carbonyl (C=O) groups excluding carboxylic acids is 4. The molecule has 8 nitrogen and oxygen atoms in total. The number of Topliss-reactive ketones (excluding diaryl/α,β-unsaturated/α-hetero) is 1. The van der Waals surface area contributed by atoms with Gasteiger partial charge in [0.15, 0.2) is 0 Å². The minimum Gasteiger partial charge on any atom is -0.368 e. The molecule has 2 rings (SSSR count). The van der Waals surface area contributed by atoms with Crippen LogP contribution in [0.15, 0.2) is 18.2 Å². The Kier molecular flexibility index (Phi) is 6.99. The van der Waals surface area contributed by atoms with Crippen molar-refractivity contribution in [3.63, 3.8) is 0 Å². The van der Waals surface area contributed by atoms with Crippen LogP contribution in [0.4, 0.5) is 10.1 Å². The molecule has 3 amide bonds. The van der Waals surface area contributed by atoms with Crippen LogP contribution in [0, 0.1) is 32.5 Å². The molecule has 0 fully saturated rings. The number of aryl methyl sites for hydroxylation is 1. The van der Waals surface area contributed by atoms with Crippen molar-refractivity contribution in [1.82, 2.24) is 9.88 Å². The Bertz CT molecular complexity index is 1070. The maximum Gasteiger partial charge on any atom is 0.294 e. The highest BCUT2D eigenvalue weighted by molar-refractivity contribution is 6.43. The highest BCUT2D eigenvalue weighted by Gasteiger charge is 2.31. The zero-order valence-electron chi connectivity index (χ0n) is 18.4. The number of anilines is 1. The second-order valence-electron chi connectivity index (χ2n) is 7.84. The van der Waals surface area contributed by atoms with Gasteiger partial charge >= 0.3 is 0 Å². The molecular weight excluding hydrogens is 403 g/mol. The van der Waals surface area contributed by atoms with Gasteiger partial charge in [0.25, 0.3) is 17.6 Å². The predicted molar refractivity (Wildman–Crippen MR) is 114 cm³/mol. The van der Waals surface area contributed by atoms with E-state index in [0.717, 1.165) is 0 Å². The summed E-state index contributed by atoms with van der Waals surface area (Å²) in [5.41, 5.74) is 7.13. The fourth-order valence-electron chi connectivity index (χ4n) is 3.43. The zero-order valence-corrected chi connectivity index (χ0v) is 18.4. The highest BCUT2D eigenvalue weighted by Crippen LogP contribution is 2.24. The van der Waals surface area contributed by atoms with E-state index < -0.39 is 29.5 Å². The number of nitrogens with zero attached hydrogens (tertiary/aromatic N) is 1. The molecule has 0 radical (unpaired) electrons. The first-order valence-corrected chi connectivity index (χ1v) is 9.74. The number of hydrogen-bond acceptors (Lipinski definition) is 4. The fraction of sp³-hybridized carbons (Fsp3) is 0.364. The van der Waals surface area contributed by atoms with E-state index in [9.17, 15) is 23.6 Å². The lowest BCUT2D eigenvalue weighted by Gasteiger charge is -2.18. The molecule has 9 heteroatoms. The molecule has 1 aromatic heterocycles. The summed E-state index contributed by atoms with van der Waals surface area (Å²) in [5, 5.41) is 5.05. The van der Waals surface area contributed by atoms with E-state index in [1.165, 1.54) is 22.8 Å². The number of aromatic nitrogens is 1. The van der Waals surface area contributed by atoms with Gasteiger partial charge in [-0.2, -0.15) is 0 Å². The topological polar surface area (TPSA) is 123 Å². The molecule has 2 aromatic rings. The monoisotopic (exact) mass is 430 g/mol. The molecule has 0 aliphatic rings. The van der Waals surface area contributed by atoms with Crippen molar-refractivity contribution in [3.05, 3.63) is 52.1 Å². The van der Waals surface area contributed by atoms with Gasteiger partial charge in [-0.25, -0.2) is 4.39 Å². The Labute approximate surface area is 180 Å². The van der Waals surface area contributed by atoms with Gasteiger partial charge in [0.2, 0.25) is 5.91 Å². The maximum absolute atomic E-state index is 13.5. The van der Waals surface area contributed by atoms with Crippen molar-refractivity contribution in [2.45, 2.75) is 40.7 Å². The lowest BCUT2D eigenvalue weighted by atomic mass is 10.0. The first-order chi connectivity index (χ1) is 14.4. The van der Waals surface area contributed by atoms with Gasteiger partial charge < -0.3 is 20.9 Å². The summed E-state index contributed by atoms with van der Waals surface area (Å²) in [6.45, 7) is 8.17. The average Bonchev–Trinajstić information content (AvgIpc) is 2.90. The molecule has 0 saturated carbocycles. The van der Waals surface area contributed by atoms with Crippen LogP contribution in [0.2, 0.25) is 0 Å². The summed E-state index contributed by atoms with van der Waals surface area (Å²) in [6, 6.07) is 3.18. The Hall–Kier alpha value is -3.49. The van der Waals surface area contributed by atoms with Crippen molar-refractivity contribution in [2.75, 3.05) is 5.32 Å². The van der Waals surface area contributed by atoms with E-state index in [-0.39, 0.29) is 23.0 Å². The Balaban J connectivity index is 2.35. The lowest BCUT2D eigenvalue weighted by Crippen LogP contribution is -2.50. The number of benzene rings is 1. The van der Waals surface area contributed by atoms with E-state index in [2.05, 4.69) is 10.6 Å². The van der Waals surface area contributed by atoms with Gasteiger partial charge in [-0.3, -0.25) is 19.2 Å². The molecule has 166 valence electrons. The minimum atomic E-state index is -0.998. The number of rotatable bonds is 7. The summed E-state index contributed by atoms with van der Waals surface area (Å²) in [7, 11) is 1.57. The second kappa shape index (κ2) is 9.11. The maximum atomic E-state index is 13.5. The van der Waals surface area contributed by atoms with Crippen LogP contribution >= 0.6 is 0 Å². The van der Waals surface area contributed by atoms with E-state index in [0.29, 0.717) is 22.5 Å². The predicted octanol–water partition coefficient (Wildman–Crippen LogP) is 2.15. The third kappa shape index (κ3) is 4.82. The summed E-state index contributed by atoms with van der Waals surface area (Å²) < 4.78 is 14.9. The van der Waals surface area contributed by atoms with Crippen molar-refractivity contribution in [3.8, 4) is 0 Å². The van der Waals surface area contributed by atoms with E-state index in [4.69, 9.17) is 5.73 Å². The average molecular weight is 430 g/mol. The number of primary amides is 1. The van der Waals surface area contributed by atoms with E-state index in [1.54, 1.807) is 41.7 Å². The summed E-state index contributed by atoms with van der Waals surface area (Å²) in [5.74, 6) is -3.79. The molecular formula is C22H27FN4O4. The van der Waals surface area contributed by atoms with Gasteiger partial charge in [0.05, 0.1) is 11.3 Å². The molecule has 0 spiro atoms. The smallest absolute Gasteiger partial charge is 0.294 e. The van der Waals surface area contributed by atoms with Gasteiger partial charge in [0, 0.05) is 18.4 Å². The van der Waals surface area contributed by atoms with Crippen molar-refractivity contribution in [2.24, 2.45) is 18.7 Å². The molecule has 0 aliphatic heterocycles. The van der Waals surface area contributed by atoms with Crippen molar-refractivity contribution >= 4 is 29.2 Å². The van der Waals surface area contributed by atoms with Crippen LogP contribution in [-0.4, -0.2) is 34.1 Å². The van der Waals surface area contributed by atoms with E-state index >= 15 is 0 Å². The lowest BCUT2D eigenvalue weighted by molar-refractivity contribution is -0.126. The summed E-state index contributed by atoms with van der Waals surface area (Å²) >= 11 is 0. The normalized spacial score (nSPS) is 11.9. The molecule has 0 aliphatic carbocycles. The number of halogens is 1. The van der Waals surface area contributed by atoms with Crippen LogP contribution in [0.5, 0.6) is 0 Å². The number of nitrogens with two attached hydrogens (primary N) is 1. The number of carbonyl (C=O) groups is 4. The molecule has 0 bridgehead atoms. The van der Waals surface area contributed by atoms with Crippen LogP contribution in [-0.2, 0) is 16.6 Å². The molecule has 31 heavy (non-hydrogen) atoms. The molecule has 1 atom stereocenters. The summed E-state index contributed by atoms with van der Waals surface area (Å²) in [4.78, 5) is 49.8. The third-order valence-corrected chi connectivity index (χ3v) is 5.25. The Morgan fingerprint density at radius 1 is 1.10 bits per heavy atom. The quantitative estimate of drug-likeness (QED) is 0.460. The standard InChI is InChI=1S/C22H27FN4O4/c1-10(2)17(20(24)29)26-22(31)19(28)18-12(4)16(13(5)27(18)6)21(30)25-14-7-8-15(23)11(3)9-14/h7-10,17H,1-6H3,(H2,24,29)(H,25,30)(H,26,31)/t17-/m0/s1. The van der Waals surface area contributed by atoms with Crippen LogP contribution in [0.25, 0.3) is 0 Å². The SMILES string of the molecule is Cc1cc(NC(=O)c2c(C)c(C(=O)C(=O)N[C@H](C(N)=O)C(C)C)n(C)c2C)ccc1F. The molecule has 4 N–H and O–H groups in total. The largest absolute Gasteiger partial charge is 0.368 e. The van der Waals surface area contributed by atoms with Gasteiger partial charge in [-0.1, -0.05) is 13.8 Å². The molecule has 0 unspecified atom stereocenters. The van der Waals surface area contributed by atoms with Crippen molar-refractivity contribution < 1.29 is 23.6 Å². The number of hydrogen-bond donors (Lipinski definition) is 3. The number of amides is 3. The number of nitrogens with one attached hydrogen (secondary N) is 2. The second-order valence-corrected chi connectivity index (χ2v) is 7.84. The van der Waals surface area contributed by atoms with Gasteiger partial charge in [-0.05, 0) is 56.0 Å². The first kappa shape index (κ1) is 23.8. The fourth-order valence-corrected chi connectivity index (χ4v) is 3.43. The number of ketones is 1. The molecule has 1 aromatic carbocycles. The summed E-state index contributed by atoms with van der Waals surface area (Å²) in [6.07, 6.45) is 0. The van der Waals surface area contributed by atoms with E-state index in [1.807, 2.05) is 0 Å².